The zero-order valence-electron chi connectivity index (χ0n) is 8.32. The van der Waals surface area contributed by atoms with Crippen molar-refractivity contribution in [2.24, 2.45) is 5.92 Å². The molecular weight excluding hydrogens is 198 g/mol. The number of aromatic nitrogens is 2. The number of nitrogens with zero attached hydrogens (tertiary/aromatic N) is 2. The Bertz CT molecular complexity index is 283. The van der Waals surface area contributed by atoms with Gasteiger partial charge in [0, 0.05) is 13.5 Å². The molecule has 0 amide bonds. The zero-order chi connectivity index (χ0) is 9.80. The minimum Gasteiger partial charge on any atom is -0.408 e. The van der Waals surface area contributed by atoms with Crippen LogP contribution < -0.4 is 5.32 Å². The lowest BCUT2D eigenvalue weighted by Crippen LogP contribution is -2.20. The maximum absolute atomic E-state index is 5.23. The normalized spacial score (nSPS) is 22.2. The summed E-state index contributed by atoms with van der Waals surface area (Å²) in [5.41, 5.74) is 0. The Labute approximate surface area is 87.9 Å². The molecule has 1 aromatic rings. The number of aryl methyl sites for hydroxylation is 1. The Morgan fingerprint density at radius 1 is 1.57 bits per heavy atom. The number of hydrogen-bond donors (Lipinski definition) is 1. The van der Waals surface area contributed by atoms with Crippen molar-refractivity contribution in [3.05, 3.63) is 5.89 Å². The Kier molecular flexibility index (Phi) is 3.29. The van der Waals surface area contributed by atoms with E-state index in [0.29, 0.717) is 11.9 Å². The Hall–Kier alpha value is -0.710. The van der Waals surface area contributed by atoms with Crippen LogP contribution in [0.15, 0.2) is 4.42 Å². The van der Waals surface area contributed by atoms with Gasteiger partial charge in [0.05, 0.1) is 0 Å². The molecule has 4 nitrogen and oxygen atoms in total. The van der Waals surface area contributed by atoms with Crippen molar-refractivity contribution in [3.8, 4) is 0 Å². The van der Waals surface area contributed by atoms with E-state index >= 15 is 0 Å². The second-order valence-corrected chi connectivity index (χ2v) is 4.74. The van der Waals surface area contributed by atoms with Crippen LogP contribution in [0.25, 0.3) is 0 Å². The molecule has 1 N–H and O–H groups in total. The number of rotatable bonds is 3. The summed E-state index contributed by atoms with van der Waals surface area (Å²) in [6.45, 7) is 2.75. The van der Waals surface area contributed by atoms with Crippen molar-refractivity contribution in [1.82, 2.24) is 10.2 Å². The van der Waals surface area contributed by atoms with Crippen molar-refractivity contribution in [2.75, 3.05) is 23.4 Å². The Morgan fingerprint density at radius 2 is 2.50 bits per heavy atom. The van der Waals surface area contributed by atoms with E-state index in [1.54, 1.807) is 6.92 Å². The maximum atomic E-state index is 5.23. The van der Waals surface area contributed by atoms with Crippen LogP contribution >= 0.6 is 11.8 Å². The quantitative estimate of drug-likeness (QED) is 0.831. The average Bonchev–Trinajstić information content (AvgIpc) is 2.63. The van der Waals surface area contributed by atoms with Crippen LogP contribution in [-0.2, 0) is 0 Å². The van der Waals surface area contributed by atoms with Gasteiger partial charge >= 0.3 is 6.01 Å². The summed E-state index contributed by atoms with van der Waals surface area (Å²) in [5.74, 6) is 3.93. The van der Waals surface area contributed by atoms with Crippen LogP contribution in [0.4, 0.5) is 6.01 Å². The lowest BCUT2D eigenvalue weighted by atomic mass is 10.1. The number of hydrogen-bond acceptors (Lipinski definition) is 5. The van der Waals surface area contributed by atoms with Crippen LogP contribution in [-0.4, -0.2) is 28.2 Å². The molecule has 1 aliphatic rings. The minimum atomic E-state index is 0.554. The molecule has 14 heavy (non-hydrogen) atoms. The molecule has 78 valence electrons. The van der Waals surface area contributed by atoms with Crippen LogP contribution in [0.3, 0.4) is 0 Å². The summed E-state index contributed by atoms with van der Waals surface area (Å²) in [6.07, 6.45) is 2.65. The van der Waals surface area contributed by atoms with Gasteiger partial charge in [-0.05, 0) is 30.3 Å². The lowest BCUT2D eigenvalue weighted by molar-refractivity contribution is 0.507. The van der Waals surface area contributed by atoms with E-state index in [9.17, 15) is 0 Å². The van der Waals surface area contributed by atoms with Gasteiger partial charge in [-0.3, -0.25) is 0 Å². The molecule has 0 saturated carbocycles. The summed E-state index contributed by atoms with van der Waals surface area (Å²) < 4.78 is 5.23. The molecule has 1 aliphatic heterocycles. The zero-order valence-corrected chi connectivity index (χ0v) is 9.14. The highest BCUT2D eigenvalue weighted by molar-refractivity contribution is 7.99. The van der Waals surface area contributed by atoms with E-state index in [-0.39, 0.29) is 0 Å². The monoisotopic (exact) mass is 213 g/mol. The first-order chi connectivity index (χ1) is 6.84. The number of anilines is 1. The molecule has 1 aromatic heterocycles. The highest BCUT2D eigenvalue weighted by Crippen LogP contribution is 2.22. The number of nitrogens with one attached hydrogen (secondary N) is 1. The summed E-state index contributed by atoms with van der Waals surface area (Å²) in [4.78, 5) is 0. The molecule has 1 atom stereocenters. The largest absolute Gasteiger partial charge is 0.408 e. The molecule has 0 bridgehead atoms. The molecule has 1 fully saturated rings. The van der Waals surface area contributed by atoms with E-state index in [0.717, 1.165) is 12.5 Å². The van der Waals surface area contributed by atoms with E-state index in [1.807, 2.05) is 11.8 Å². The fraction of sp³-hybridized carbons (Fsp3) is 0.778. The SMILES string of the molecule is Cc1nnc(NCC2CCCSC2)o1. The fourth-order valence-corrected chi connectivity index (χ4v) is 2.72. The second-order valence-electron chi connectivity index (χ2n) is 3.59. The average molecular weight is 213 g/mol. The molecular formula is C9H15N3OS. The van der Waals surface area contributed by atoms with Gasteiger partial charge in [-0.15, -0.1) is 5.10 Å². The molecule has 2 rings (SSSR count). The van der Waals surface area contributed by atoms with Crippen LogP contribution in [0, 0.1) is 12.8 Å². The third kappa shape index (κ3) is 2.64. The molecule has 0 aliphatic carbocycles. The summed E-state index contributed by atoms with van der Waals surface area (Å²) in [6, 6.07) is 0.554. The summed E-state index contributed by atoms with van der Waals surface area (Å²) in [5, 5.41) is 10.8. The topological polar surface area (TPSA) is 51.0 Å². The molecule has 0 spiro atoms. The molecule has 5 heteroatoms. The molecule has 2 heterocycles. The van der Waals surface area contributed by atoms with Crippen LogP contribution in [0.2, 0.25) is 0 Å². The fourth-order valence-electron chi connectivity index (χ4n) is 1.57. The van der Waals surface area contributed by atoms with Crippen LogP contribution in [0.5, 0.6) is 0 Å². The van der Waals surface area contributed by atoms with Crippen LogP contribution in [0.1, 0.15) is 18.7 Å². The lowest BCUT2D eigenvalue weighted by Gasteiger charge is -2.20. The molecule has 0 aromatic carbocycles. The predicted molar refractivity (Wildman–Crippen MR) is 57.6 cm³/mol. The smallest absolute Gasteiger partial charge is 0.315 e. The highest BCUT2D eigenvalue weighted by atomic mass is 32.2. The second kappa shape index (κ2) is 4.68. The summed E-state index contributed by atoms with van der Waals surface area (Å²) in [7, 11) is 0. The first-order valence-corrected chi connectivity index (χ1v) is 6.12. The third-order valence-electron chi connectivity index (χ3n) is 2.32. The van der Waals surface area contributed by atoms with Crippen molar-refractivity contribution in [2.45, 2.75) is 19.8 Å². The Balaban J connectivity index is 1.76. The van der Waals surface area contributed by atoms with Crippen molar-refractivity contribution >= 4 is 17.8 Å². The molecule has 1 saturated heterocycles. The highest BCUT2D eigenvalue weighted by Gasteiger charge is 2.14. The van der Waals surface area contributed by atoms with Crippen molar-refractivity contribution in [1.29, 1.82) is 0 Å². The van der Waals surface area contributed by atoms with Gasteiger partial charge in [-0.2, -0.15) is 11.8 Å². The standard InChI is InChI=1S/C9H15N3OS/c1-7-11-12-9(13-7)10-5-8-3-2-4-14-6-8/h8H,2-6H2,1H3,(H,10,12). The van der Waals surface area contributed by atoms with E-state index in [1.165, 1.54) is 24.3 Å². The minimum absolute atomic E-state index is 0.554. The van der Waals surface area contributed by atoms with E-state index in [2.05, 4.69) is 15.5 Å². The van der Waals surface area contributed by atoms with Gasteiger partial charge in [0.2, 0.25) is 5.89 Å². The van der Waals surface area contributed by atoms with Gasteiger partial charge in [-0.25, -0.2) is 0 Å². The van der Waals surface area contributed by atoms with Gasteiger partial charge in [0.15, 0.2) is 0 Å². The van der Waals surface area contributed by atoms with Crippen molar-refractivity contribution < 1.29 is 4.42 Å². The predicted octanol–water partition coefficient (Wildman–Crippen LogP) is 1.93. The number of thioether (sulfide) groups is 1. The van der Waals surface area contributed by atoms with Crippen molar-refractivity contribution in [3.63, 3.8) is 0 Å². The van der Waals surface area contributed by atoms with E-state index < -0.39 is 0 Å². The van der Waals surface area contributed by atoms with E-state index in [4.69, 9.17) is 4.42 Å². The Morgan fingerprint density at radius 3 is 3.14 bits per heavy atom. The van der Waals surface area contributed by atoms with Gasteiger partial charge in [0.1, 0.15) is 0 Å². The molecule has 0 radical (unpaired) electrons. The van der Waals surface area contributed by atoms with Gasteiger partial charge in [0.25, 0.3) is 0 Å². The van der Waals surface area contributed by atoms with Gasteiger partial charge < -0.3 is 9.73 Å². The first-order valence-electron chi connectivity index (χ1n) is 4.96. The first kappa shape index (κ1) is 9.83. The van der Waals surface area contributed by atoms with Gasteiger partial charge in [-0.1, -0.05) is 5.10 Å². The molecule has 1 unspecified atom stereocenters. The maximum Gasteiger partial charge on any atom is 0.315 e. The third-order valence-corrected chi connectivity index (χ3v) is 3.61. The summed E-state index contributed by atoms with van der Waals surface area (Å²) >= 11 is 2.04.